The molecule has 1 aromatic heterocycles. The van der Waals surface area contributed by atoms with Gasteiger partial charge in [-0.25, -0.2) is 9.07 Å². The van der Waals surface area contributed by atoms with E-state index in [0.717, 1.165) is 0 Å². The molecule has 0 saturated carbocycles. The van der Waals surface area contributed by atoms with E-state index in [4.69, 9.17) is 0 Å². The molecule has 19 heavy (non-hydrogen) atoms. The third kappa shape index (κ3) is 2.37. The molecular weight excluding hydrogens is 249 g/mol. The van der Waals surface area contributed by atoms with Crippen molar-refractivity contribution >= 4 is 12.2 Å². The number of aromatic nitrogens is 2. The Labute approximate surface area is 109 Å². The summed E-state index contributed by atoms with van der Waals surface area (Å²) in [6, 6.07) is 5.64. The fourth-order valence-corrected chi connectivity index (χ4v) is 1.66. The maximum absolute atomic E-state index is 13.8. The molecule has 2 aromatic rings. The molecule has 0 unspecified atom stereocenters. The summed E-state index contributed by atoms with van der Waals surface area (Å²) in [5, 5.41) is 4.00. The molecule has 0 bridgehead atoms. The maximum Gasteiger partial charge on any atom is 0.273 e. The zero-order valence-electron chi connectivity index (χ0n) is 10.5. The number of carbonyl (C=O) groups is 2. The molecule has 0 radical (unpaired) electrons. The van der Waals surface area contributed by atoms with Crippen LogP contribution in [0.4, 0.5) is 4.39 Å². The first-order chi connectivity index (χ1) is 9.04. The summed E-state index contributed by atoms with van der Waals surface area (Å²) < 4.78 is 15.0. The van der Waals surface area contributed by atoms with E-state index in [2.05, 4.69) is 5.10 Å². The second kappa shape index (κ2) is 5.01. The fourth-order valence-electron chi connectivity index (χ4n) is 1.66. The van der Waals surface area contributed by atoms with Gasteiger partial charge in [0.25, 0.3) is 5.91 Å². The van der Waals surface area contributed by atoms with Crippen LogP contribution in [0.25, 0.3) is 5.69 Å². The van der Waals surface area contributed by atoms with Gasteiger partial charge in [0.1, 0.15) is 11.5 Å². The van der Waals surface area contributed by atoms with Crippen molar-refractivity contribution in [3.05, 3.63) is 47.5 Å². The lowest BCUT2D eigenvalue weighted by Crippen LogP contribution is -2.22. The normalized spacial score (nSPS) is 10.3. The number of rotatable bonds is 3. The van der Waals surface area contributed by atoms with E-state index in [0.29, 0.717) is 6.29 Å². The molecule has 1 aromatic carbocycles. The van der Waals surface area contributed by atoms with Crippen molar-refractivity contribution in [1.82, 2.24) is 14.7 Å². The van der Waals surface area contributed by atoms with Gasteiger partial charge in [-0.2, -0.15) is 5.10 Å². The van der Waals surface area contributed by atoms with Crippen LogP contribution in [0.3, 0.4) is 0 Å². The van der Waals surface area contributed by atoms with Crippen LogP contribution in [0, 0.1) is 5.82 Å². The number of halogens is 1. The lowest BCUT2D eigenvalue weighted by molar-refractivity contribution is 0.0821. The van der Waals surface area contributed by atoms with E-state index < -0.39 is 5.82 Å². The van der Waals surface area contributed by atoms with Gasteiger partial charge in [-0.15, -0.1) is 0 Å². The molecule has 5 nitrogen and oxygen atoms in total. The van der Waals surface area contributed by atoms with E-state index >= 15 is 0 Å². The Hall–Kier alpha value is -2.50. The Morgan fingerprint density at radius 2 is 2.11 bits per heavy atom. The number of carbonyl (C=O) groups excluding carboxylic acids is 2. The van der Waals surface area contributed by atoms with Crippen LogP contribution < -0.4 is 0 Å². The number of hydrogen-bond donors (Lipinski definition) is 0. The number of aldehydes is 1. The average Bonchev–Trinajstić information content (AvgIpc) is 2.86. The highest BCUT2D eigenvalue weighted by atomic mass is 19.1. The first-order valence-corrected chi connectivity index (χ1v) is 5.56. The van der Waals surface area contributed by atoms with Gasteiger partial charge in [-0.05, 0) is 18.2 Å². The molecule has 0 fully saturated rings. The Kier molecular flexibility index (Phi) is 3.41. The smallest absolute Gasteiger partial charge is 0.273 e. The standard InChI is InChI=1S/C13H12FN3O2/c1-16(2)13(19)11-6-7-17(15-11)12-9(8-18)4-3-5-10(12)14/h3-8H,1-2H3. The van der Waals surface area contributed by atoms with Gasteiger partial charge < -0.3 is 4.90 Å². The molecule has 0 aliphatic carbocycles. The minimum atomic E-state index is -0.573. The van der Waals surface area contributed by atoms with Gasteiger partial charge in [0.15, 0.2) is 12.0 Å². The summed E-state index contributed by atoms with van der Waals surface area (Å²) in [7, 11) is 3.20. The zero-order chi connectivity index (χ0) is 14.0. The van der Waals surface area contributed by atoms with Crippen LogP contribution in [-0.4, -0.2) is 41.0 Å². The SMILES string of the molecule is CN(C)C(=O)c1ccn(-c2c(F)cccc2C=O)n1. The molecule has 0 saturated heterocycles. The number of amides is 1. The minimum absolute atomic E-state index is 0.0373. The third-order valence-corrected chi connectivity index (χ3v) is 2.59. The fraction of sp³-hybridized carbons (Fsp3) is 0.154. The Balaban J connectivity index is 2.49. The number of benzene rings is 1. The van der Waals surface area contributed by atoms with E-state index in [9.17, 15) is 14.0 Å². The molecular formula is C13H12FN3O2. The van der Waals surface area contributed by atoms with Gasteiger partial charge in [0.05, 0.1) is 0 Å². The van der Waals surface area contributed by atoms with Crippen molar-refractivity contribution in [3.63, 3.8) is 0 Å². The Morgan fingerprint density at radius 3 is 2.74 bits per heavy atom. The Morgan fingerprint density at radius 1 is 1.37 bits per heavy atom. The maximum atomic E-state index is 13.8. The monoisotopic (exact) mass is 261 g/mol. The topological polar surface area (TPSA) is 55.2 Å². The van der Waals surface area contributed by atoms with Crippen LogP contribution in [0.2, 0.25) is 0 Å². The van der Waals surface area contributed by atoms with E-state index in [1.165, 1.54) is 40.0 Å². The quantitative estimate of drug-likeness (QED) is 0.787. The molecule has 98 valence electrons. The van der Waals surface area contributed by atoms with E-state index in [1.54, 1.807) is 14.1 Å². The Bertz CT molecular complexity index is 635. The second-order valence-corrected chi connectivity index (χ2v) is 4.14. The van der Waals surface area contributed by atoms with Crippen LogP contribution in [-0.2, 0) is 0 Å². The van der Waals surface area contributed by atoms with Gasteiger partial charge in [-0.3, -0.25) is 9.59 Å². The third-order valence-electron chi connectivity index (χ3n) is 2.59. The molecule has 0 aliphatic heterocycles. The van der Waals surface area contributed by atoms with Crippen molar-refractivity contribution in [1.29, 1.82) is 0 Å². The predicted molar refractivity (Wildman–Crippen MR) is 66.9 cm³/mol. The van der Waals surface area contributed by atoms with Crippen LogP contribution in [0.15, 0.2) is 30.5 Å². The van der Waals surface area contributed by atoms with Crippen molar-refractivity contribution in [2.24, 2.45) is 0 Å². The highest BCUT2D eigenvalue weighted by Gasteiger charge is 2.15. The van der Waals surface area contributed by atoms with Crippen molar-refractivity contribution < 1.29 is 14.0 Å². The number of para-hydroxylation sites is 1. The summed E-state index contributed by atoms with van der Waals surface area (Å²) in [5.41, 5.74) is 0.396. The highest BCUT2D eigenvalue weighted by Crippen LogP contribution is 2.17. The van der Waals surface area contributed by atoms with Gasteiger partial charge in [0.2, 0.25) is 0 Å². The summed E-state index contributed by atoms with van der Waals surface area (Å²) in [6.45, 7) is 0. The minimum Gasteiger partial charge on any atom is -0.343 e. The summed E-state index contributed by atoms with van der Waals surface area (Å²) >= 11 is 0. The largest absolute Gasteiger partial charge is 0.343 e. The lowest BCUT2D eigenvalue weighted by atomic mass is 10.2. The molecule has 0 aliphatic rings. The van der Waals surface area contributed by atoms with Gasteiger partial charge >= 0.3 is 0 Å². The molecule has 0 spiro atoms. The molecule has 6 heteroatoms. The number of hydrogen-bond acceptors (Lipinski definition) is 3. The first-order valence-electron chi connectivity index (χ1n) is 5.56. The van der Waals surface area contributed by atoms with Crippen molar-refractivity contribution in [2.75, 3.05) is 14.1 Å². The number of nitrogens with zero attached hydrogens (tertiary/aromatic N) is 3. The van der Waals surface area contributed by atoms with Gasteiger partial charge in [0, 0.05) is 25.9 Å². The lowest BCUT2D eigenvalue weighted by Gasteiger charge is -2.08. The summed E-state index contributed by atoms with van der Waals surface area (Å²) in [4.78, 5) is 24.0. The van der Waals surface area contributed by atoms with Gasteiger partial charge in [-0.1, -0.05) is 6.07 Å². The zero-order valence-corrected chi connectivity index (χ0v) is 10.5. The van der Waals surface area contributed by atoms with Crippen molar-refractivity contribution in [3.8, 4) is 5.69 Å². The van der Waals surface area contributed by atoms with Crippen LogP contribution in [0.5, 0.6) is 0 Å². The summed E-state index contributed by atoms with van der Waals surface area (Å²) in [5.74, 6) is -0.862. The summed E-state index contributed by atoms with van der Waals surface area (Å²) in [6.07, 6.45) is 2.00. The van der Waals surface area contributed by atoms with E-state index in [1.807, 2.05) is 0 Å². The predicted octanol–water partition coefficient (Wildman–Crippen LogP) is 1.53. The molecule has 0 N–H and O–H groups in total. The molecule has 0 atom stereocenters. The molecule has 2 rings (SSSR count). The second-order valence-electron chi connectivity index (χ2n) is 4.14. The molecule has 1 amide bonds. The van der Waals surface area contributed by atoms with Crippen LogP contribution >= 0.6 is 0 Å². The average molecular weight is 261 g/mol. The van der Waals surface area contributed by atoms with E-state index in [-0.39, 0.29) is 22.9 Å². The highest BCUT2D eigenvalue weighted by molar-refractivity contribution is 5.92. The van der Waals surface area contributed by atoms with Crippen LogP contribution in [0.1, 0.15) is 20.8 Å². The van der Waals surface area contributed by atoms with Crippen molar-refractivity contribution in [2.45, 2.75) is 0 Å². The molecule has 1 heterocycles. The first kappa shape index (κ1) is 12.9.